The Bertz CT molecular complexity index is 568. The first-order valence-corrected chi connectivity index (χ1v) is 8.33. The molecular weight excluding hydrogens is 339 g/mol. The van der Waals surface area contributed by atoms with Gasteiger partial charge < -0.3 is 15.7 Å². The van der Waals surface area contributed by atoms with Crippen molar-refractivity contribution in [3.05, 3.63) is 28.2 Å². The molecule has 0 aromatic heterocycles. The highest BCUT2D eigenvalue weighted by Crippen LogP contribution is 2.24. The van der Waals surface area contributed by atoms with Crippen LogP contribution in [0.2, 0.25) is 10.0 Å². The Morgan fingerprint density at radius 2 is 2.00 bits per heavy atom. The van der Waals surface area contributed by atoms with Gasteiger partial charge in [0.15, 0.2) is 0 Å². The maximum absolute atomic E-state index is 11.7. The lowest BCUT2D eigenvalue weighted by molar-refractivity contribution is -0.139. The first kappa shape index (κ1) is 17.7. The molecule has 0 aliphatic rings. The topological polar surface area (TPSA) is 95.5 Å². The van der Waals surface area contributed by atoms with Crippen LogP contribution in [0, 0.1) is 0 Å². The highest BCUT2D eigenvalue weighted by atomic mass is 35.5. The van der Waals surface area contributed by atoms with Crippen molar-refractivity contribution in [1.29, 1.82) is 0 Å². The molecule has 2 amide bonds. The number of aliphatic carboxylic acids is 1. The van der Waals surface area contributed by atoms with E-state index in [1.807, 2.05) is 0 Å². The Balaban J connectivity index is 2.62. The summed E-state index contributed by atoms with van der Waals surface area (Å²) in [6.45, 7) is 0. The fourth-order valence-corrected chi connectivity index (χ4v) is 2.31. The SMILES string of the molecule is C[S@](=O)CC[C@@H](NC(=O)Nc1ccc(Cl)c(Cl)c1)C(=O)O. The van der Waals surface area contributed by atoms with E-state index < -0.39 is 28.8 Å². The van der Waals surface area contributed by atoms with Gasteiger partial charge in [-0.1, -0.05) is 23.2 Å². The molecule has 0 saturated heterocycles. The molecule has 0 bridgehead atoms. The minimum Gasteiger partial charge on any atom is -0.480 e. The Morgan fingerprint density at radius 1 is 1.33 bits per heavy atom. The van der Waals surface area contributed by atoms with E-state index in [0.717, 1.165) is 0 Å². The lowest BCUT2D eigenvalue weighted by atomic mass is 10.2. The number of anilines is 1. The van der Waals surface area contributed by atoms with Crippen LogP contribution >= 0.6 is 23.2 Å². The highest BCUT2D eigenvalue weighted by molar-refractivity contribution is 7.84. The molecule has 1 aromatic rings. The summed E-state index contributed by atoms with van der Waals surface area (Å²) in [6, 6.07) is 2.68. The van der Waals surface area contributed by atoms with Gasteiger partial charge in [-0.15, -0.1) is 0 Å². The predicted molar refractivity (Wildman–Crippen MR) is 83.6 cm³/mol. The molecule has 0 spiro atoms. The van der Waals surface area contributed by atoms with Crippen LogP contribution in [0.5, 0.6) is 0 Å². The molecule has 116 valence electrons. The standard InChI is InChI=1S/C12H14Cl2N2O4S/c1-21(20)5-4-10(11(17)18)16-12(19)15-7-2-3-8(13)9(14)6-7/h2-3,6,10H,4-5H2,1H3,(H,17,18)(H2,15,16,19)/t10-,21+/m1/s1. The molecule has 0 heterocycles. The van der Waals surface area contributed by atoms with E-state index in [1.165, 1.54) is 24.5 Å². The molecule has 2 atom stereocenters. The zero-order valence-electron chi connectivity index (χ0n) is 11.1. The van der Waals surface area contributed by atoms with Crippen molar-refractivity contribution in [2.45, 2.75) is 12.5 Å². The molecule has 1 rings (SSSR count). The predicted octanol–water partition coefficient (Wildman–Crippen LogP) is 2.34. The number of carbonyl (C=O) groups excluding carboxylic acids is 1. The highest BCUT2D eigenvalue weighted by Gasteiger charge is 2.20. The number of benzene rings is 1. The van der Waals surface area contributed by atoms with Crippen molar-refractivity contribution in [2.75, 3.05) is 17.3 Å². The Hall–Kier alpha value is -1.31. The number of amides is 2. The van der Waals surface area contributed by atoms with Gasteiger partial charge in [-0.05, 0) is 24.6 Å². The molecule has 9 heteroatoms. The van der Waals surface area contributed by atoms with Gasteiger partial charge in [0, 0.05) is 28.5 Å². The molecule has 6 nitrogen and oxygen atoms in total. The van der Waals surface area contributed by atoms with Gasteiger partial charge in [0.05, 0.1) is 10.0 Å². The van der Waals surface area contributed by atoms with Crippen LogP contribution in [0.15, 0.2) is 18.2 Å². The summed E-state index contributed by atoms with van der Waals surface area (Å²) in [6.07, 6.45) is 1.54. The van der Waals surface area contributed by atoms with Crippen molar-refractivity contribution in [3.63, 3.8) is 0 Å². The van der Waals surface area contributed by atoms with E-state index in [2.05, 4.69) is 10.6 Å². The number of carboxylic acid groups (broad SMARTS) is 1. The third-order valence-electron chi connectivity index (χ3n) is 2.47. The maximum Gasteiger partial charge on any atom is 0.326 e. The van der Waals surface area contributed by atoms with Crippen LogP contribution in [0.4, 0.5) is 10.5 Å². The normalized spacial score (nSPS) is 13.3. The minimum atomic E-state index is -1.19. The molecule has 0 unspecified atom stereocenters. The largest absolute Gasteiger partial charge is 0.480 e. The second-order valence-electron chi connectivity index (χ2n) is 4.18. The van der Waals surface area contributed by atoms with Gasteiger partial charge in [-0.3, -0.25) is 4.21 Å². The summed E-state index contributed by atoms with van der Waals surface area (Å²) >= 11 is 11.6. The first-order chi connectivity index (χ1) is 9.79. The average Bonchev–Trinajstić information content (AvgIpc) is 2.38. The number of carbonyl (C=O) groups is 2. The van der Waals surface area contributed by atoms with Crippen LogP contribution in [0.3, 0.4) is 0 Å². The number of hydrogen-bond acceptors (Lipinski definition) is 3. The van der Waals surface area contributed by atoms with Gasteiger partial charge in [0.25, 0.3) is 0 Å². The lowest BCUT2D eigenvalue weighted by Crippen LogP contribution is -2.43. The molecule has 0 aliphatic heterocycles. The number of halogens is 2. The zero-order chi connectivity index (χ0) is 16.0. The van der Waals surface area contributed by atoms with Crippen LogP contribution < -0.4 is 10.6 Å². The van der Waals surface area contributed by atoms with Gasteiger partial charge in [-0.25, -0.2) is 9.59 Å². The van der Waals surface area contributed by atoms with Crippen molar-refractivity contribution in [3.8, 4) is 0 Å². The van der Waals surface area contributed by atoms with Crippen LogP contribution in [-0.4, -0.2) is 39.4 Å². The van der Waals surface area contributed by atoms with Crippen LogP contribution in [-0.2, 0) is 15.6 Å². The van der Waals surface area contributed by atoms with Crippen molar-refractivity contribution in [2.24, 2.45) is 0 Å². The number of hydrogen-bond donors (Lipinski definition) is 3. The molecule has 0 aliphatic carbocycles. The van der Waals surface area contributed by atoms with E-state index in [4.69, 9.17) is 28.3 Å². The summed E-state index contributed by atoms with van der Waals surface area (Å²) in [5.41, 5.74) is 0.380. The Morgan fingerprint density at radius 3 is 2.52 bits per heavy atom. The first-order valence-electron chi connectivity index (χ1n) is 5.85. The second-order valence-corrected chi connectivity index (χ2v) is 6.55. The van der Waals surface area contributed by atoms with Crippen molar-refractivity contribution in [1.82, 2.24) is 5.32 Å². The number of nitrogens with one attached hydrogen (secondary N) is 2. The lowest BCUT2D eigenvalue weighted by Gasteiger charge is -2.14. The van der Waals surface area contributed by atoms with E-state index in [0.29, 0.717) is 10.7 Å². The van der Waals surface area contributed by atoms with E-state index >= 15 is 0 Å². The summed E-state index contributed by atoms with van der Waals surface area (Å²) in [7, 11) is -1.13. The zero-order valence-corrected chi connectivity index (χ0v) is 13.4. The van der Waals surface area contributed by atoms with Crippen LogP contribution in [0.1, 0.15) is 6.42 Å². The monoisotopic (exact) mass is 352 g/mol. The molecule has 0 fully saturated rings. The Labute approximate surface area is 134 Å². The second kappa shape index (κ2) is 8.21. The third-order valence-corrected chi connectivity index (χ3v) is 4.02. The fourth-order valence-electron chi connectivity index (χ4n) is 1.44. The molecule has 3 N–H and O–H groups in total. The fraction of sp³-hybridized carbons (Fsp3) is 0.333. The van der Waals surface area contributed by atoms with Gasteiger partial charge in [-0.2, -0.15) is 0 Å². The third kappa shape index (κ3) is 6.33. The number of urea groups is 1. The molecule has 1 aromatic carbocycles. The number of carboxylic acids is 1. The number of rotatable bonds is 6. The minimum absolute atomic E-state index is 0.0766. The van der Waals surface area contributed by atoms with E-state index in [-0.39, 0.29) is 17.2 Å². The van der Waals surface area contributed by atoms with Crippen LogP contribution in [0.25, 0.3) is 0 Å². The molecule has 0 radical (unpaired) electrons. The maximum atomic E-state index is 11.7. The van der Waals surface area contributed by atoms with E-state index in [1.54, 1.807) is 0 Å². The Kier molecular flexibility index (Phi) is 6.94. The smallest absolute Gasteiger partial charge is 0.326 e. The van der Waals surface area contributed by atoms with Gasteiger partial charge in [0.2, 0.25) is 0 Å². The van der Waals surface area contributed by atoms with E-state index in [9.17, 15) is 13.8 Å². The molecule has 0 saturated carbocycles. The summed E-state index contributed by atoms with van der Waals surface area (Å²) in [5.74, 6) is -1.01. The van der Waals surface area contributed by atoms with Crippen molar-refractivity contribution < 1.29 is 18.9 Å². The summed E-state index contributed by atoms with van der Waals surface area (Å²) in [4.78, 5) is 22.7. The quantitative estimate of drug-likeness (QED) is 0.731. The molecule has 21 heavy (non-hydrogen) atoms. The molecular formula is C12H14Cl2N2O4S. The van der Waals surface area contributed by atoms with Crippen molar-refractivity contribution >= 4 is 51.7 Å². The van der Waals surface area contributed by atoms with Gasteiger partial charge in [0.1, 0.15) is 6.04 Å². The van der Waals surface area contributed by atoms with Gasteiger partial charge >= 0.3 is 12.0 Å². The summed E-state index contributed by atoms with van der Waals surface area (Å²) < 4.78 is 11.0. The summed E-state index contributed by atoms with van der Waals surface area (Å²) in [5, 5.41) is 14.4. The average molecular weight is 353 g/mol.